The molecule has 0 bridgehead atoms. The van der Waals surface area contributed by atoms with Crippen LogP contribution in [0.3, 0.4) is 0 Å². The predicted octanol–water partition coefficient (Wildman–Crippen LogP) is 4.55. The van der Waals surface area contributed by atoms with Gasteiger partial charge in [0.1, 0.15) is 11.9 Å². The molecule has 1 aliphatic carbocycles. The number of nitrogens with two attached hydrogens (primary N) is 1. The van der Waals surface area contributed by atoms with Crippen LogP contribution in [0.5, 0.6) is 5.88 Å². The number of pyridine rings is 1. The monoisotopic (exact) mass is 396 g/mol. The Morgan fingerprint density at radius 3 is 2.43 bits per heavy atom. The Morgan fingerprint density at radius 1 is 0.964 bits per heavy atom. The first-order valence-electron chi connectivity index (χ1n) is 9.27. The zero-order valence-electron chi connectivity index (χ0n) is 15.3. The fourth-order valence-electron chi connectivity index (χ4n) is 3.42. The average molecular weight is 396 g/mol. The molecular weight excluding hydrogens is 375 g/mol. The number of benzene rings is 1. The fraction of sp³-hybridized carbons (Fsp3) is 0.286. The van der Waals surface area contributed by atoms with Gasteiger partial charge in [-0.2, -0.15) is 12.6 Å². The smallest absolute Gasteiger partial charge is 0.221 e. The van der Waals surface area contributed by atoms with Crippen molar-refractivity contribution in [2.24, 2.45) is 0 Å². The van der Waals surface area contributed by atoms with E-state index in [1.165, 1.54) is 18.5 Å². The Labute approximate surface area is 168 Å². The molecule has 0 radical (unpaired) electrons. The summed E-state index contributed by atoms with van der Waals surface area (Å²) in [6.07, 6.45) is 8.80. The van der Waals surface area contributed by atoms with E-state index in [2.05, 4.69) is 27.6 Å². The van der Waals surface area contributed by atoms with Gasteiger partial charge in [0.25, 0.3) is 0 Å². The summed E-state index contributed by atoms with van der Waals surface area (Å²) >= 11 is 4.53. The molecule has 0 amide bonds. The van der Waals surface area contributed by atoms with Crippen LogP contribution >= 0.6 is 12.6 Å². The van der Waals surface area contributed by atoms with E-state index in [-0.39, 0.29) is 17.9 Å². The van der Waals surface area contributed by atoms with Crippen LogP contribution in [0, 0.1) is 5.82 Å². The van der Waals surface area contributed by atoms with E-state index in [0.29, 0.717) is 27.8 Å². The van der Waals surface area contributed by atoms with E-state index in [9.17, 15) is 4.39 Å². The Morgan fingerprint density at radius 2 is 1.71 bits per heavy atom. The van der Waals surface area contributed by atoms with Crippen LogP contribution in [-0.4, -0.2) is 26.3 Å². The molecular formula is C21H21FN4OS. The number of ether oxygens (including phenoxy) is 1. The minimum absolute atomic E-state index is 0.119. The van der Waals surface area contributed by atoms with E-state index in [4.69, 9.17) is 10.5 Å². The van der Waals surface area contributed by atoms with Crippen molar-refractivity contribution in [3.63, 3.8) is 0 Å². The second kappa shape index (κ2) is 8.14. The number of nitrogen functional groups attached to an aromatic ring is 1. The molecule has 2 aromatic heterocycles. The van der Waals surface area contributed by atoms with Crippen molar-refractivity contribution in [1.82, 2.24) is 15.0 Å². The summed E-state index contributed by atoms with van der Waals surface area (Å²) in [5.41, 5.74) is 7.98. The molecule has 2 heterocycles. The van der Waals surface area contributed by atoms with Crippen LogP contribution in [0.4, 0.5) is 10.3 Å². The summed E-state index contributed by atoms with van der Waals surface area (Å²) in [4.78, 5) is 12.2. The fourth-order valence-corrected chi connectivity index (χ4v) is 3.72. The number of halogens is 1. The van der Waals surface area contributed by atoms with E-state index in [1.807, 2.05) is 18.2 Å². The topological polar surface area (TPSA) is 73.9 Å². The van der Waals surface area contributed by atoms with Crippen LogP contribution < -0.4 is 10.5 Å². The van der Waals surface area contributed by atoms with Crippen molar-refractivity contribution in [1.29, 1.82) is 0 Å². The average Bonchev–Trinajstić information content (AvgIpc) is 2.71. The number of rotatable bonds is 4. The van der Waals surface area contributed by atoms with Gasteiger partial charge in [0.15, 0.2) is 0 Å². The van der Waals surface area contributed by atoms with Crippen molar-refractivity contribution < 1.29 is 9.13 Å². The van der Waals surface area contributed by atoms with Crippen molar-refractivity contribution in [3.8, 4) is 28.1 Å². The molecule has 0 saturated heterocycles. The lowest BCUT2D eigenvalue weighted by Gasteiger charge is -2.26. The van der Waals surface area contributed by atoms with Gasteiger partial charge in [-0.25, -0.2) is 19.3 Å². The van der Waals surface area contributed by atoms with Crippen LogP contribution in [0.2, 0.25) is 0 Å². The lowest BCUT2D eigenvalue weighted by Crippen LogP contribution is -2.24. The molecule has 1 aliphatic rings. The van der Waals surface area contributed by atoms with Crippen molar-refractivity contribution >= 4 is 18.6 Å². The van der Waals surface area contributed by atoms with Crippen LogP contribution in [0.1, 0.15) is 25.7 Å². The van der Waals surface area contributed by atoms with Gasteiger partial charge in [0, 0.05) is 40.5 Å². The van der Waals surface area contributed by atoms with Gasteiger partial charge in [0.2, 0.25) is 11.8 Å². The molecule has 0 unspecified atom stereocenters. The SMILES string of the molecule is Nc1ncc(-c2ccc(-c3cccnc3O[C@H]3CC[C@H](S)CC3)cc2F)cn1. The van der Waals surface area contributed by atoms with Gasteiger partial charge in [-0.15, -0.1) is 0 Å². The van der Waals surface area contributed by atoms with Crippen LogP contribution in [0.25, 0.3) is 22.3 Å². The van der Waals surface area contributed by atoms with Gasteiger partial charge in [-0.3, -0.25) is 0 Å². The molecule has 0 spiro atoms. The quantitative estimate of drug-likeness (QED) is 0.633. The molecule has 28 heavy (non-hydrogen) atoms. The summed E-state index contributed by atoms with van der Waals surface area (Å²) in [7, 11) is 0. The first-order chi connectivity index (χ1) is 13.6. The second-order valence-corrected chi connectivity index (χ2v) is 7.66. The molecule has 1 saturated carbocycles. The molecule has 7 heteroatoms. The highest BCUT2D eigenvalue weighted by Gasteiger charge is 2.22. The summed E-state index contributed by atoms with van der Waals surface area (Å²) in [6.45, 7) is 0. The lowest BCUT2D eigenvalue weighted by molar-refractivity contribution is 0.151. The van der Waals surface area contributed by atoms with Gasteiger partial charge >= 0.3 is 0 Å². The number of aromatic nitrogens is 3. The van der Waals surface area contributed by atoms with E-state index in [1.54, 1.807) is 12.3 Å². The lowest BCUT2D eigenvalue weighted by atomic mass is 9.97. The van der Waals surface area contributed by atoms with Gasteiger partial charge in [-0.05, 0) is 49.4 Å². The molecule has 1 aromatic carbocycles. The first-order valence-corrected chi connectivity index (χ1v) is 9.79. The van der Waals surface area contributed by atoms with Gasteiger partial charge < -0.3 is 10.5 Å². The van der Waals surface area contributed by atoms with Gasteiger partial charge in [0.05, 0.1) is 0 Å². The Hall–Kier alpha value is -2.67. The van der Waals surface area contributed by atoms with Gasteiger partial charge in [-0.1, -0.05) is 12.1 Å². The Balaban J connectivity index is 1.61. The van der Waals surface area contributed by atoms with Crippen molar-refractivity contribution in [2.75, 3.05) is 5.73 Å². The predicted molar refractivity (Wildman–Crippen MR) is 111 cm³/mol. The number of hydrogen-bond acceptors (Lipinski definition) is 6. The number of nitrogens with zero attached hydrogens (tertiary/aromatic N) is 3. The maximum atomic E-state index is 14.8. The number of thiol groups is 1. The summed E-state index contributed by atoms with van der Waals surface area (Å²) < 4.78 is 21.0. The largest absolute Gasteiger partial charge is 0.474 e. The second-order valence-electron chi connectivity index (χ2n) is 6.93. The van der Waals surface area contributed by atoms with E-state index < -0.39 is 0 Å². The molecule has 3 aromatic rings. The summed E-state index contributed by atoms with van der Waals surface area (Å²) in [6, 6.07) is 8.77. The molecule has 0 atom stereocenters. The number of hydrogen-bond donors (Lipinski definition) is 2. The summed E-state index contributed by atoms with van der Waals surface area (Å²) in [5, 5.41) is 0.446. The molecule has 2 N–H and O–H groups in total. The standard InChI is InChI=1S/C21H21FN4OS/c22-19-10-13(3-8-17(19)14-11-25-21(23)26-12-14)18-2-1-9-24-20(18)27-15-4-6-16(28)7-5-15/h1-3,8-12,15-16,28H,4-7H2,(H2,23,25,26)/t15-,16-. The highest BCUT2D eigenvalue weighted by molar-refractivity contribution is 7.80. The third-order valence-electron chi connectivity index (χ3n) is 4.96. The van der Waals surface area contributed by atoms with Crippen LogP contribution in [0.15, 0.2) is 48.9 Å². The minimum Gasteiger partial charge on any atom is -0.474 e. The number of anilines is 1. The Kier molecular flexibility index (Phi) is 5.43. The Bertz CT molecular complexity index is 959. The maximum absolute atomic E-state index is 14.8. The minimum atomic E-state index is -0.365. The van der Waals surface area contributed by atoms with Crippen molar-refractivity contribution in [2.45, 2.75) is 37.0 Å². The van der Waals surface area contributed by atoms with E-state index in [0.717, 1.165) is 31.2 Å². The molecule has 5 nitrogen and oxygen atoms in total. The first kappa shape index (κ1) is 18.7. The zero-order valence-corrected chi connectivity index (χ0v) is 16.1. The highest BCUT2D eigenvalue weighted by atomic mass is 32.1. The van der Waals surface area contributed by atoms with Crippen molar-refractivity contribution in [3.05, 3.63) is 54.7 Å². The maximum Gasteiger partial charge on any atom is 0.221 e. The molecule has 144 valence electrons. The third kappa shape index (κ3) is 4.09. The molecule has 4 rings (SSSR count). The third-order valence-corrected chi connectivity index (χ3v) is 5.47. The molecule has 0 aliphatic heterocycles. The highest BCUT2D eigenvalue weighted by Crippen LogP contribution is 2.34. The van der Waals surface area contributed by atoms with E-state index >= 15 is 0 Å². The van der Waals surface area contributed by atoms with Crippen LogP contribution in [-0.2, 0) is 0 Å². The molecule has 1 fully saturated rings. The summed E-state index contributed by atoms with van der Waals surface area (Å²) in [5.74, 6) is 0.328. The normalized spacial score (nSPS) is 19.4. The zero-order chi connectivity index (χ0) is 19.5.